The first kappa shape index (κ1) is 14.4. The Bertz CT molecular complexity index is 486. The number of hydrogen-bond acceptors (Lipinski definition) is 3. The number of carboxylic acid groups (broad SMARTS) is 1. The Hall–Kier alpha value is -2.05. The molecule has 0 spiro atoms. The molecule has 0 bridgehead atoms. The van der Waals surface area contributed by atoms with Crippen LogP contribution >= 0.6 is 0 Å². The second kappa shape index (κ2) is 6.40. The van der Waals surface area contributed by atoms with E-state index in [1.165, 1.54) is 0 Å². The molecule has 7 heteroatoms. The Kier molecular flexibility index (Phi) is 4.60. The van der Waals surface area contributed by atoms with Gasteiger partial charge in [0.1, 0.15) is 0 Å². The van der Waals surface area contributed by atoms with Crippen LogP contribution in [-0.2, 0) is 11.3 Å². The van der Waals surface area contributed by atoms with Gasteiger partial charge in [-0.1, -0.05) is 0 Å². The summed E-state index contributed by atoms with van der Waals surface area (Å²) in [4.78, 5) is 24.5. The van der Waals surface area contributed by atoms with Crippen molar-refractivity contribution in [3.8, 4) is 0 Å². The van der Waals surface area contributed by atoms with Crippen molar-refractivity contribution in [3.05, 3.63) is 17.5 Å². The highest BCUT2D eigenvalue weighted by atomic mass is 16.4. The molecule has 1 atom stereocenters. The summed E-state index contributed by atoms with van der Waals surface area (Å²) in [6, 6.07) is -0.138. The Morgan fingerprint density at radius 1 is 1.60 bits per heavy atom. The number of nitrogens with zero attached hydrogens (tertiary/aromatic N) is 2. The van der Waals surface area contributed by atoms with E-state index >= 15 is 0 Å². The molecule has 2 heterocycles. The molecule has 0 aliphatic carbocycles. The van der Waals surface area contributed by atoms with E-state index in [-0.39, 0.29) is 18.4 Å². The zero-order valence-corrected chi connectivity index (χ0v) is 11.6. The predicted octanol–water partition coefficient (Wildman–Crippen LogP) is 1.11. The molecule has 1 saturated heterocycles. The van der Waals surface area contributed by atoms with Crippen LogP contribution in [0.3, 0.4) is 0 Å². The molecule has 1 aliphatic rings. The minimum atomic E-state index is -0.800. The minimum absolute atomic E-state index is 0.0580. The predicted molar refractivity (Wildman–Crippen MR) is 72.1 cm³/mol. The quantitative estimate of drug-likeness (QED) is 0.769. The van der Waals surface area contributed by atoms with E-state index in [1.54, 1.807) is 11.1 Å². The first-order chi connectivity index (χ1) is 9.56. The number of aryl methyl sites for hydroxylation is 1. The molecule has 2 amide bonds. The Morgan fingerprint density at radius 3 is 3.05 bits per heavy atom. The lowest BCUT2D eigenvalue weighted by atomic mass is 9.95. The van der Waals surface area contributed by atoms with E-state index in [9.17, 15) is 9.59 Å². The summed E-state index contributed by atoms with van der Waals surface area (Å²) in [7, 11) is 0. The third kappa shape index (κ3) is 3.72. The third-order valence-electron chi connectivity index (χ3n) is 3.63. The summed E-state index contributed by atoms with van der Waals surface area (Å²) in [6.07, 6.45) is 3.55. The molecule has 1 aliphatic heterocycles. The molecule has 1 aromatic rings. The summed E-state index contributed by atoms with van der Waals surface area (Å²) in [5, 5.41) is 18.4. The highest BCUT2D eigenvalue weighted by Crippen LogP contribution is 2.19. The van der Waals surface area contributed by atoms with E-state index in [0.29, 0.717) is 19.6 Å². The summed E-state index contributed by atoms with van der Waals surface area (Å²) < 4.78 is 0. The number of carboxylic acids is 1. The number of aromatic amines is 1. The van der Waals surface area contributed by atoms with Crippen LogP contribution in [0.2, 0.25) is 0 Å². The van der Waals surface area contributed by atoms with E-state index in [2.05, 4.69) is 15.5 Å². The van der Waals surface area contributed by atoms with Gasteiger partial charge in [0.05, 0.1) is 6.20 Å². The number of nitrogens with one attached hydrogen (secondary N) is 2. The Balaban J connectivity index is 1.82. The maximum absolute atomic E-state index is 12.1. The highest BCUT2D eigenvalue weighted by Gasteiger charge is 2.25. The average Bonchev–Trinajstić information content (AvgIpc) is 2.81. The van der Waals surface area contributed by atoms with Crippen molar-refractivity contribution in [1.29, 1.82) is 0 Å². The number of hydrogen-bond donors (Lipinski definition) is 3. The number of carbonyl (C=O) groups is 2. The van der Waals surface area contributed by atoms with Gasteiger partial charge in [0.15, 0.2) is 0 Å². The SMILES string of the molecule is Cc1[nH]ncc1CNC(=O)N1CCCC(CC(=O)O)C1. The van der Waals surface area contributed by atoms with Crippen LogP contribution in [0.5, 0.6) is 0 Å². The lowest BCUT2D eigenvalue weighted by Gasteiger charge is -2.32. The van der Waals surface area contributed by atoms with Crippen molar-refractivity contribution < 1.29 is 14.7 Å². The summed E-state index contributed by atoms with van der Waals surface area (Å²) in [5.41, 5.74) is 1.89. The molecule has 0 saturated carbocycles. The molecule has 1 aromatic heterocycles. The largest absolute Gasteiger partial charge is 0.481 e. The van der Waals surface area contributed by atoms with Gasteiger partial charge < -0.3 is 15.3 Å². The molecular weight excluding hydrogens is 260 g/mol. The molecule has 3 N–H and O–H groups in total. The van der Waals surface area contributed by atoms with Crippen molar-refractivity contribution >= 4 is 12.0 Å². The van der Waals surface area contributed by atoms with Gasteiger partial charge in [0.2, 0.25) is 0 Å². The van der Waals surface area contributed by atoms with Gasteiger partial charge in [-0.25, -0.2) is 4.79 Å². The number of carbonyl (C=O) groups excluding carboxylic acids is 1. The Labute approximate surface area is 117 Å². The zero-order valence-electron chi connectivity index (χ0n) is 11.6. The van der Waals surface area contributed by atoms with Crippen LogP contribution < -0.4 is 5.32 Å². The van der Waals surface area contributed by atoms with E-state index in [1.807, 2.05) is 6.92 Å². The van der Waals surface area contributed by atoms with Gasteiger partial charge >= 0.3 is 12.0 Å². The van der Waals surface area contributed by atoms with Gasteiger partial charge in [-0.15, -0.1) is 0 Å². The van der Waals surface area contributed by atoms with Crippen LogP contribution in [0, 0.1) is 12.8 Å². The van der Waals surface area contributed by atoms with Gasteiger partial charge in [0, 0.05) is 37.3 Å². The second-order valence-electron chi connectivity index (χ2n) is 5.23. The van der Waals surface area contributed by atoms with Crippen LogP contribution in [0.25, 0.3) is 0 Å². The molecule has 7 nitrogen and oxygen atoms in total. The number of rotatable bonds is 4. The minimum Gasteiger partial charge on any atom is -0.481 e. The fraction of sp³-hybridized carbons (Fsp3) is 0.615. The Morgan fingerprint density at radius 2 is 2.40 bits per heavy atom. The highest BCUT2D eigenvalue weighted by molar-refractivity contribution is 5.74. The monoisotopic (exact) mass is 280 g/mol. The van der Waals surface area contributed by atoms with Crippen molar-refractivity contribution in [1.82, 2.24) is 20.4 Å². The number of aliphatic carboxylic acids is 1. The molecule has 2 rings (SSSR count). The fourth-order valence-electron chi connectivity index (χ4n) is 2.50. The van der Waals surface area contributed by atoms with Gasteiger partial charge in [-0.2, -0.15) is 5.10 Å². The van der Waals surface area contributed by atoms with Crippen molar-refractivity contribution in [2.24, 2.45) is 5.92 Å². The van der Waals surface area contributed by atoms with Crippen LogP contribution in [0.15, 0.2) is 6.20 Å². The molecule has 1 unspecified atom stereocenters. The lowest BCUT2D eigenvalue weighted by Crippen LogP contribution is -2.45. The van der Waals surface area contributed by atoms with Crippen molar-refractivity contribution in [2.45, 2.75) is 32.7 Å². The maximum Gasteiger partial charge on any atom is 0.317 e. The number of amides is 2. The average molecular weight is 280 g/mol. The summed E-state index contributed by atoms with van der Waals surface area (Å²) in [6.45, 7) is 3.54. The third-order valence-corrected chi connectivity index (χ3v) is 3.63. The maximum atomic E-state index is 12.1. The smallest absolute Gasteiger partial charge is 0.317 e. The molecule has 0 aromatic carbocycles. The van der Waals surface area contributed by atoms with E-state index in [0.717, 1.165) is 24.1 Å². The van der Waals surface area contributed by atoms with Gasteiger partial charge in [-0.05, 0) is 25.7 Å². The standard InChI is InChI=1S/C13H20N4O3/c1-9-11(7-15-16-9)6-14-13(20)17-4-2-3-10(8-17)5-12(18)19/h7,10H,2-6,8H2,1H3,(H,14,20)(H,15,16)(H,18,19). The van der Waals surface area contributed by atoms with Crippen LogP contribution in [0.4, 0.5) is 4.79 Å². The van der Waals surface area contributed by atoms with Crippen LogP contribution in [-0.4, -0.2) is 45.3 Å². The second-order valence-corrected chi connectivity index (χ2v) is 5.23. The molecular formula is C13H20N4O3. The number of H-pyrrole nitrogens is 1. The summed E-state index contributed by atoms with van der Waals surface area (Å²) >= 11 is 0. The lowest BCUT2D eigenvalue weighted by molar-refractivity contribution is -0.138. The van der Waals surface area contributed by atoms with Gasteiger partial charge in [-0.3, -0.25) is 9.89 Å². The number of likely N-dealkylation sites (tertiary alicyclic amines) is 1. The normalized spacial score (nSPS) is 18.9. The number of piperidine rings is 1. The zero-order chi connectivity index (χ0) is 14.5. The molecule has 1 fully saturated rings. The molecule has 110 valence electrons. The topological polar surface area (TPSA) is 98.3 Å². The van der Waals surface area contributed by atoms with Crippen molar-refractivity contribution in [2.75, 3.05) is 13.1 Å². The van der Waals surface area contributed by atoms with Gasteiger partial charge in [0.25, 0.3) is 0 Å². The summed E-state index contributed by atoms with van der Waals surface area (Å²) in [5.74, 6) is -0.742. The van der Waals surface area contributed by atoms with E-state index in [4.69, 9.17) is 5.11 Å². The first-order valence-electron chi connectivity index (χ1n) is 6.79. The first-order valence-corrected chi connectivity index (χ1v) is 6.79. The fourth-order valence-corrected chi connectivity index (χ4v) is 2.50. The van der Waals surface area contributed by atoms with Crippen molar-refractivity contribution in [3.63, 3.8) is 0 Å². The van der Waals surface area contributed by atoms with Crippen LogP contribution in [0.1, 0.15) is 30.5 Å². The van der Waals surface area contributed by atoms with E-state index < -0.39 is 5.97 Å². The molecule has 0 radical (unpaired) electrons. The number of urea groups is 1. The molecule has 20 heavy (non-hydrogen) atoms. The number of aromatic nitrogens is 2.